The molecule has 2 atom stereocenters. The van der Waals surface area contributed by atoms with Crippen LogP contribution in [0.1, 0.15) is 12.0 Å². The molecule has 1 aromatic rings. The Morgan fingerprint density at radius 2 is 2.25 bits per heavy atom. The average molecular weight is 386 g/mol. The summed E-state index contributed by atoms with van der Waals surface area (Å²) in [5.74, 6) is 0. The van der Waals surface area contributed by atoms with Gasteiger partial charge in [-0.25, -0.2) is 4.79 Å². The number of alkyl halides is 1. The van der Waals surface area contributed by atoms with Crippen LogP contribution in [-0.4, -0.2) is 34.0 Å². The molecule has 0 N–H and O–H groups in total. The number of piperidine rings is 1. The lowest BCUT2D eigenvalue weighted by molar-refractivity contribution is 0.0877. The Morgan fingerprint density at radius 3 is 2.95 bits per heavy atom. The first-order valence-corrected chi connectivity index (χ1v) is 7.59. The summed E-state index contributed by atoms with van der Waals surface area (Å²) in [5, 5.41) is 3.74. The number of hydrogen-bond donors (Lipinski definition) is 0. The number of carbonyl (C=O) groups excluding carboxylic acids is 1. The van der Waals surface area contributed by atoms with Crippen molar-refractivity contribution >= 4 is 28.7 Å². The Morgan fingerprint density at radius 1 is 1.50 bits per heavy atom. The van der Waals surface area contributed by atoms with E-state index >= 15 is 0 Å². The first-order valence-electron chi connectivity index (χ1n) is 6.34. The third-order valence-electron chi connectivity index (χ3n) is 3.16. The highest BCUT2D eigenvalue weighted by Gasteiger charge is 2.29. The van der Waals surface area contributed by atoms with E-state index in [2.05, 4.69) is 32.6 Å². The van der Waals surface area contributed by atoms with Crippen molar-refractivity contribution in [2.75, 3.05) is 13.1 Å². The summed E-state index contributed by atoms with van der Waals surface area (Å²) in [7, 11) is 0. The maximum atomic E-state index is 12.0. The molecule has 1 fully saturated rings. The molecule has 6 nitrogen and oxygen atoms in total. The van der Waals surface area contributed by atoms with E-state index in [1.54, 1.807) is 4.90 Å². The number of benzene rings is 1. The molecule has 1 aromatic carbocycles. The maximum Gasteiger partial charge on any atom is 0.410 e. The third-order valence-corrected chi connectivity index (χ3v) is 4.62. The number of ether oxygens (including phenoxy) is 1. The van der Waals surface area contributed by atoms with Gasteiger partial charge in [0.15, 0.2) is 0 Å². The standard InChI is InChI=1S/C13H15IN4O2/c14-11-6-7-18(8-12(11)16-17-15)13(19)20-9-10-4-2-1-3-5-10/h1-5,11-12H,6-9H2. The van der Waals surface area contributed by atoms with Gasteiger partial charge in [-0.1, -0.05) is 58.0 Å². The summed E-state index contributed by atoms with van der Waals surface area (Å²) in [6.07, 6.45) is 0.459. The molecule has 1 saturated heterocycles. The zero-order valence-electron chi connectivity index (χ0n) is 10.9. The van der Waals surface area contributed by atoms with Gasteiger partial charge in [-0.2, -0.15) is 0 Å². The molecule has 106 valence electrons. The Hall–Kier alpha value is -1.47. The Balaban J connectivity index is 1.88. The van der Waals surface area contributed by atoms with Gasteiger partial charge < -0.3 is 9.64 Å². The van der Waals surface area contributed by atoms with Crippen LogP contribution in [0.25, 0.3) is 10.4 Å². The van der Waals surface area contributed by atoms with Crippen LogP contribution < -0.4 is 0 Å². The second kappa shape index (κ2) is 7.35. The van der Waals surface area contributed by atoms with Gasteiger partial charge in [0, 0.05) is 21.9 Å². The molecule has 0 bridgehead atoms. The lowest BCUT2D eigenvalue weighted by Crippen LogP contribution is -2.46. The Kier molecular flexibility index (Phi) is 5.49. The van der Waals surface area contributed by atoms with Crippen LogP contribution in [0.3, 0.4) is 0 Å². The van der Waals surface area contributed by atoms with Gasteiger partial charge >= 0.3 is 6.09 Å². The fourth-order valence-corrected chi connectivity index (χ4v) is 2.70. The molecule has 2 rings (SSSR count). The number of halogens is 1. The molecule has 0 saturated carbocycles. The second-order valence-corrected chi connectivity index (χ2v) is 6.16. The van der Waals surface area contributed by atoms with Gasteiger partial charge in [0.25, 0.3) is 0 Å². The Bertz CT molecular complexity index is 504. The predicted octanol–water partition coefficient (Wildman–Crippen LogP) is 3.51. The molecule has 2 unspecified atom stereocenters. The van der Waals surface area contributed by atoms with Gasteiger partial charge in [-0.15, -0.1) is 0 Å². The summed E-state index contributed by atoms with van der Waals surface area (Å²) in [6.45, 7) is 1.32. The predicted molar refractivity (Wildman–Crippen MR) is 83.6 cm³/mol. The highest BCUT2D eigenvalue weighted by Crippen LogP contribution is 2.22. The van der Waals surface area contributed by atoms with E-state index in [1.165, 1.54) is 0 Å². The number of amides is 1. The maximum absolute atomic E-state index is 12.0. The van der Waals surface area contributed by atoms with Crippen molar-refractivity contribution in [3.8, 4) is 0 Å². The molecular weight excluding hydrogens is 371 g/mol. The monoisotopic (exact) mass is 386 g/mol. The van der Waals surface area contributed by atoms with E-state index in [9.17, 15) is 4.79 Å². The second-order valence-electron chi connectivity index (χ2n) is 4.56. The molecule has 1 aliphatic heterocycles. The number of nitrogens with zero attached hydrogens (tertiary/aromatic N) is 4. The zero-order valence-corrected chi connectivity index (χ0v) is 13.0. The fourth-order valence-electron chi connectivity index (χ4n) is 2.05. The van der Waals surface area contributed by atoms with E-state index < -0.39 is 0 Å². The molecule has 0 aromatic heterocycles. The molecule has 1 heterocycles. The first kappa shape index (κ1) is 14.9. The molecule has 1 aliphatic rings. The van der Waals surface area contributed by atoms with Gasteiger partial charge in [-0.3, -0.25) is 0 Å². The molecule has 0 aliphatic carbocycles. The minimum Gasteiger partial charge on any atom is -0.445 e. The van der Waals surface area contributed by atoms with Crippen LogP contribution in [-0.2, 0) is 11.3 Å². The SMILES string of the molecule is [N-]=[N+]=NC1CN(C(=O)OCc2ccccc2)CCC1I. The van der Waals surface area contributed by atoms with Gasteiger partial charge in [-0.05, 0) is 17.5 Å². The summed E-state index contributed by atoms with van der Waals surface area (Å²) in [6, 6.07) is 9.37. The van der Waals surface area contributed by atoms with E-state index in [0.717, 1.165) is 12.0 Å². The zero-order chi connectivity index (χ0) is 14.4. The van der Waals surface area contributed by atoms with Crippen molar-refractivity contribution in [1.29, 1.82) is 0 Å². The highest BCUT2D eigenvalue weighted by molar-refractivity contribution is 14.1. The van der Waals surface area contributed by atoms with Crippen LogP contribution in [0.15, 0.2) is 35.4 Å². The number of carbonyl (C=O) groups is 1. The summed E-state index contributed by atoms with van der Waals surface area (Å²) >= 11 is 2.26. The third kappa shape index (κ3) is 4.01. The number of hydrogen-bond acceptors (Lipinski definition) is 3. The van der Waals surface area contributed by atoms with Crippen molar-refractivity contribution in [3.63, 3.8) is 0 Å². The van der Waals surface area contributed by atoms with Crippen LogP contribution in [0.2, 0.25) is 0 Å². The first-order chi connectivity index (χ1) is 9.70. The van der Waals surface area contributed by atoms with Gasteiger partial charge in [0.05, 0.1) is 6.04 Å². The molecule has 1 amide bonds. The normalized spacial score (nSPS) is 21.9. The van der Waals surface area contributed by atoms with Gasteiger partial charge in [0.1, 0.15) is 6.61 Å². The van der Waals surface area contributed by atoms with E-state index in [4.69, 9.17) is 10.3 Å². The number of azide groups is 1. The molecule has 20 heavy (non-hydrogen) atoms. The number of rotatable bonds is 3. The van der Waals surface area contributed by atoms with Crippen molar-refractivity contribution < 1.29 is 9.53 Å². The van der Waals surface area contributed by atoms with Crippen molar-refractivity contribution in [2.24, 2.45) is 5.11 Å². The Labute approximate surface area is 130 Å². The highest BCUT2D eigenvalue weighted by atomic mass is 127. The summed E-state index contributed by atoms with van der Waals surface area (Å²) in [5.41, 5.74) is 9.49. The van der Waals surface area contributed by atoms with Crippen molar-refractivity contribution in [2.45, 2.75) is 23.0 Å². The minimum atomic E-state index is -0.352. The van der Waals surface area contributed by atoms with E-state index in [1.807, 2.05) is 30.3 Å². The van der Waals surface area contributed by atoms with Crippen LogP contribution in [0, 0.1) is 0 Å². The molecular formula is C13H15IN4O2. The molecule has 0 radical (unpaired) electrons. The lowest BCUT2D eigenvalue weighted by Gasteiger charge is -2.33. The average Bonchev–Trinajstić information content (AvgIpc) is 2.48. The fraction of sp³-hybridized carbons (Fsp3) is 0.462. The van der Waals surface area contributed by atoms with Crippen LogP contribution in [0.5, 0.6) is 0 Å². The largest absolute Gasteiger partial charge is 0.445 e. The van der Waals surface area contributed by atoms with Crippen LogP contribution in [0.4, 0.5) is 4.79 Å². The minimum absolute atomic E-state index is 0.182. The van der Waals surface area contributed by atoms with Crippen LogP contribution >= 0.6 is 22.6 Å². The van der Waals surface area contributed by atoms with E-state index in [-0.39, 0.29) is 22.7 Å². The number of likely N-dealkylation sites (tertiary alicyclic amines) is 1. The van der Waals surface area contributed by atoms with Crippen molar-refractivity contribution in [3.05, 3.63) is 46.3 Å². The van der Waals surface area contributed by atoms with Crippen molar-refractivity contribution in [1.82, 2.24) is 4.90 Å². The lowest BCUT2D eigenvalue weighted by atomic mass is 10.1. The summed E-state index contributed by atoms with van der Waals surface area (Å²) < 4.78 is 5.54. The quantitative estimate of drug-likeness (QED) is 0.262. The smallest absolute Gasteiger partial charge is 0.410 e. The topological polar surface area (TPSA) is 78.3 Å². The van der Waals surface area contributed by atoms with Gasteiger partial charge in [0.2, 0.25) is 0 Å². The molecule has 7 heteroatoms. The van der Waals surface area contributed by atoms with E-state index in [0.29, 0.717) is 13.1 Å². The molecule has 0 spiro atoms. The summed E-state index contributed by atoms with van der Waals surface area (Å²) in [4.78, 5) is 16.4.